The van der Waals surface area contributed by atoms with Crippen LogP contribution in [0.2, 0.25) is 5.02 Å². The van der Waals surface area contributed by atoms with E-state index < -0.39 is 5.69 Å². The zero-order valence-electron chi connectivity index (χ0n) is 12.2. The second-order valence-corrected chi connectivity index (χ2v) is 6.67. The molecule has 0 radical (unpaired) electrons. The van der Waals surface area contributed by atoms with Crippen LogP contribution in [-0.4, -0.2) is 21.9 Å². The molecule has 22 heavy (non-hydrogen) atoms. The maximum absolute atomic E-state index is 12.0. The summed E-state index contributed by atoms with van der Waals surface area (Å²) in [5.41, 5.74) is 3.01. The number of aryl methyl sites for hydroxylation is 1. The minimum atomic E-state index is -0.437. The van der Waals surface area contributed by atoms with Gasteiger partial charge in [0.2, 0.25) is 0 Å². The molecule has 2 heterocycles. The summed E-state index contributed by atoms with van der Waals surface area (Å²) in [6.45, 7) is 0.521. The van der Waals surface area contributed by atoms with Gasteiger partial charge in [-0.3, -0.25) is 14.7 Å². The summed E-state index contributed by atoms with van der Waals surface area (Å²) in [5.74, 6) is 0. The first-order valence-electron chi connectivity index (χ1n) is 7.34. The van der Waals surface area contributed by atoms with Gasteiger partial charge in [0.1, 0.15) is 0 Å². The van der Waals surface area contributed by atoms with Crippen LogP contribution in [-0.2, 0) is 24.9 Å². The molecule has 0 saturated heterocycles. The Kier molecular flexibility index (Phi) is 2.86. The molecular weight excluding hydrogens is 302 g/mol. The van der Waals surface area contributed by atoms with Crippen LogP contribution in [0.3, 0.4) is 0 Å². The van der Waals surface area contributed by atoms with E-state index in [0.717, 1.165) is 23.6 Å². The number of aromatic nitrogens is 2. The Morgan fingerprint density at radius 3 is 2.91 bits per heavy atom. The molecule has 0 amide bonds. The topological polar surface area (TPSA) is 69.0 Å². The van der Waals surface area contributed by atoms with E-state index in [2.05, 4.69) is 20.9 Å². The zero-order valence-corrected chi connectivity index (χ0v) is 13.0. The Bertz CT molecular complexity index is 886. The van der Waals surface area contributed by atoms with Gasteiger partial charge in [0.25, 0.3) is 5.56 Å². The third-order valence-electron chi connectivity index (χ3n) is 5.11. The number of aromatic amines is 2. The molecule has 0 bridgehead atoms. The van der Waals surface area contributed by atoms with Crippen molar-refractivity contribution < 1.29 is 0 Å². The number of nitrogens with zero attached hydrogens (tertiary/aromatic N) is 1. The third-order valence-corrected chi connectivity index (χ3v) is 5.34. The molecule has 5 nitrogen and oxygen atoms in total. The molecule has 2 aliphatic rings. The van der Waals surface area contributed by atoms with Gasteiger partial charge in [-0.15, -0.1) is 0 Å². The van der Waals surface area contributed by atoms with Crippen LogP contribution in [0.1, 0.15) is 28.8 Å². The molecule has 1 aliphatic carbocycles. The molecule has 0 fully saturated rings. The molecule has 1 aromatic carbocycles. The summed E-state index contributed by atoms with van der Waals surface area (Å²) in [5, 5.41) is 0.721. The SMILES string of the molecule is CN1Cc2c([nH]c(=O)[nH]c2=O)CC12CCc1ccc(Cl)cc12. The van der Waals surface area contributed by atoms with Crippen LogP contribution in [0.5, 0.6) is 0 Å². The largest absolute Gasteiger partial charge is 0.325 e. The molecule has 2 N–H and O–H groups in total. The number of H-pyrrole nitrogens is 2. The number of likely N-dealkylation sites (N-methyl/N-ethyl adjacent to an activating group) is 1. The fourth-order valence-electron chi connectivity index (χ4n) is 3.95. The van der Waals surface area contributed by atoms with Gasteiger partial charge in [0.15, 0.2) is 0 Å². The zero-order chi connectivity index (χ0) is 15.5. The van der Waals surface area contributed by atoms with E-state index in [1.54, 1.807) is 0 Å². The van der Waals surface area contributed by atoms with Crippen molar-refractivity contribution in [3.05, 3.63) is 66.4 Å². The number of hydrogen-bond acceptors (Lipinski definition) is 3. The molecule has 0 saturated carbocycles. The van der Waals surface area contributed by atoms with Gasteiger partial charge in [-0.05, 0) is 43.1 Å². The summed E-state index contributed by atoms with van der Waals surface area (Å²) in [7, 11) is 2.03. The van der Waals surface area contributed by atoms with Gasteiger partial charge >= 0.3 is 5.69 Å². The highest BCUT2D eigenvalue weighted by Crippen LogP contribution is 2.46. The molecule has 2 aromatic rings. The van der Waals surface area contributed by atoms with Crippen molar-refractivity contribution in [3.63, 3.8) is 0 Å². The fourth-order valence-corrected chi connectivity index (χ4v) is 4.12. The summed E-state index contributed by atoms with van der Waals surface area (Å²) in [4.78, 5) is 31.0. The minimum absolute atomic E-state index is 0.191. The maximum atomic E-state index is 12.0. The second-order valence-electron chi connectivity index (χ2n) is 6.23. The summed E-state index contributed by atoms with van der Waals surface area (Å²) < 4.78 is 0. The number of halogens is 1. The van der Waals surface area contributed by atoms with Crippen LogP contribution >= 0.6 is 11.6 Å². The number of hydrogen-bond donors (Lipinski definition) is 2. The van der Waals surface area contributed by atoms with Crippen LogP contribution in [0, 0.1) is 0 Å². The van der Waals surface area contributed by atoms with Gasteiger partial charge < -0.3 is 4.98 Å². The van der Waals surface area contributed by atoms with E-state index in [0.29, 0.717) is 18.5 Å². The lowest BCUT2D eigenvalue weighted by Gasteiger charge is -2.43. The van der Waals surface area contributed by atoms with Gasteiger partial charge in [0, 0.05) is 23.7 Å². The number of fused-ring (bicyclic) bond motifs is 3. The molecule has 4 rings (SSSR count). The molecule has 114 valence electrons. The van der Waals surface area contributed by atoms with Crippen LogP contribution in [0.4, 0.5) is 0 Å². The Balaban J connectivity index is 1.91. The lowest BCUT2D eigenvalue weighted by molar-refractivity contribution is 0.0921. The van der Waals surface area contributed by atoms with Crippen molar-refractivity contribution in [1.29, 1.82) is 0 Å². The predicted molar refractivity (Wildman–Crippen MR) is 84.3 cm³/mol. The highest BCUT2D eigenvalue weighted by Gasteiger charge is 2.45. The predicted octanol–water partition coefficient (Wildman–Crippen LogP) is 1.55. The molecular formula is C16H16ClN3O2. The Hall–Kier alpha value is -1.85. The van der Waals surface area contributed by atoms with E-state index in [4.69, 9.17) is 11.6 Å². The van der Waals surface area contributed by atoms with E-state index in [9.17, 15) is 9.59 Å². The standard InChI is InChI=1S/C16H16ClN3O2/c1-20-8-11-13(18-15(22)19-14(11)21)7-16(20)5-4-9-2-3-10(17)6-12(9)16/h2-3,6H,4-5,7-8H2,1H3,(H2,18,19,21,22). The van der Waals surface area contributed by atoms with E-state index in [1.165, 1.54) is 11.1 Å². The molecule has 1 aromatic heterocycles. The quantitative estimate of drug-likeness (QED) is 0.774. The lowest BCUT2D eigenvalue weighted by atomic mass is 9.81. The first-order valence-corrected chi connectivity index (χ1v) is 7.72. The lowest BCUT2D eigenvalue weighted by Crippen LogP contribution is -2.49. The average Bonchev–Trinajstić information content (AvgIpc) is 2.81. The molecule has 1 spiro atoms. The average molecular weight is 318 g/mol. The third kappa shape index (κ3) is 1.82. The van der Waals surface area contributed by atoms with Crippen molar-refractivity contribution in [3.8, 4) is 0 Å². The van der Waals surface area contributed by atoms with Gasteiger partial charge in [-0.1, -0.05) is 17.7 Å². The summed E-state index contributed by atoms with van der Waals surface area (Å²) in [6, 6.07) is 6.02. The van der Waals surface area contributed by atoms with Crippen molar-refractivity contribution >= 4 is 11.6 Å². The minimum Gasteiger partial charge on any atom is -0.311 e. The van der Waals surface area contributed by atoms with Crippen molar-refractivity contribution in [2.75, 3.05) is 7.05 Å². The van der Waals surface area contributed by atoms with E-state index in [1.807, 2.05) is 19.2 Å². The second kappa shape index (κ2) is 4.57. The van der Waals surface area contributed by atoms with Gasteiger partial charge in [-0.25, -0.2) is 4.79 Å². The summed E-state index contributed by atoms with van der Waals surface area (Å²) in [6.07, 6.45) is 2.58. The highest BCUT2D eigenvalue weighted by molar-refractivity contribution is 6.30. The number of benzene rings is 1. The molecule has 6 heteroatoms. The number of nitrogens with one attached hydrogen (secondary N) is 2. The molecule has 1 atom stereocenters. The highest BCUT2D eigenvalue weighted by atomic mass is 35.5. The number of rotatable bonds is 0. The first-order chi connectivity index (χ1) is 10.5. The molecule has 1 aliphatic heterocycles. The first kappa shape index (κ1) is 13.8. The van der Waals surface area contributed by atoms with Crippen LogP contribution in [0.15, 0.2) is 27.8 Å². The van der Waals surface area contributed by atoms with Crippen molar-refractivity contribution in [2.24, 2.45) is 0 Å². The Morgan fingerprint density at radius 2 is 2.09 bits per heavy atom. The fraction of sp³-hybridized carbons (Fsp3) is 0.375. The smallest absolute Gasteiger partial charge is 0.311 e. The van der Waals surface area contributed by atoms with E-state index in [-0.39, 0.29) is 11.1 Å². The normalized spacial score (nSPS) is 23.5. The summed E-state index contributed by atoms with van der Waals surface area (Å²) >= 11 is 6.19. The van der Waals surface area contributed by atoms with Crippen LogP contribution < -0.4 is 11.2 Å². The van der Waals surface area contributed by atoms with Crippen LogP contribution in [0.25, 0.3) is 0 Å². The Morgan fingerprint density at radius 1 is 1.27 bits per heavy atom. The Labute approximate surface area is 131 Å². The van der Waals surface area contributed by atoms with Gasteiger partial charge in [0.05, 0.1) is 11.1 Å². The van der Waals surface area contributed by atoms with Gasteiger partial charge in [-0.2, -0.15) is 0 Å². The monoisotopic (exact) mass is 317 g/mol. The van der Waals surface area contributed by atoms with E-state index >= 15 is 0 Å². The van der Waals surface area contributed by atoms with Crippen molar-refractivity contribution in [2.45, 2.75) is 31.3 Å². The maximum Gasteiger partial charge on any atom is 0.325 e. The molecule has 1 unspecified atom stereocenters. The van der Waals surface area contributed by atoms with Crippen molar-refractivity contribution in [1.82, 2.24) is 14.9 Å².